The van der Waals surface area contributed by atoms with Gasteiger partial charge in [-0.05, 0) is 31.8 Å². The molecule has 6 nitrogen and oxygen atoms in total. The van der Waals surface area contributed by atoms with Crippen molar-refractivity contribution in [2.75, 3.05) is 27.7 Å². The van der Waals surface area contributed by atoms with E-state index < -0.39 is 11.7 Å². The van der Waals surface area contributed by atoms with Crippen molar-refractivity contribution in [1.29, 1.82) is 0 Å². The Bertz CT molecular complexity index is 749. The van der Waals surface area contributed by atoms with E-state index in [-0.39, 0.29) is 6.04 Å². The number of nitrogens with one attached hydrogen (secondary N) is 2. The fourth-order valence-electron chi connectivity index (χ4n) is 2.62. The smallest absolute Gasteiger partial charge is 0.354 e. The molecule has 0 aliphatic heterocycles. The SMILES string of the molecule is CN=C(NCc1ccc(C(F)(F)F)cc1)NCC(c1cnn(C)c1)N(C)C. The van der Waals surface area contributed by atoms with E-state index in [0.29, 0.717) is 19.0 Å². The summed E-state index contributed by atoms with van der Waals surface area (Å²) in [5.41, 5.74) is 1.16. The van der Waals surface area contributed by atoms with Crippen LogP contribution in [0.5, 0.6) is 0 Å². The molecule has 1 unspecified atom stereocenters. The minimum atomic E-state index is -4.32. The molecule has 9 heteroatoms. The Kier molecular flexibility index (Phi) is 6.84. The van der Waals surface area contributed by atoms with Crippen LogP contribution in [0.4, 0.5) is 13.2 Å². The number of hydrogen-bond acceptors (Lipinski definition) is 3. The Morgan fingerprint density at radius 2 is 1.89 bits per heavy atom. The molecule has 0 amide bonds. The number of rotatable bonds is 6. The number of alkyl halides is 3. The van der Waals surface area contributed by atoms with E-state index in [1.54, 1.807) is 11.7 Å². The van der Waals surface area contributed by atoms with Crippen LogP contribution in [0.15, 0.2) is 41.7 Å². The van der Waals surface area contributed by atoms with Crippen LogP contribution in [0.3, 0.4) is 0 Å². The maximum absolute atomic E-state index is 12.6. The van der Waals surface area contributed by atoms with E-state index in [0.717, 1.165) is 23.3 Å². The first-order valence-electron chi connectivity index (χ1n) is 8.46. The minimum absolute atomic E-state index is 0.100. The van der Waals surface area contributed by atoms with Gasteiger partial charge in [-0.25, -0.2) is 0 Å². The largest absolute Gasteiger partial charge is 0.416 e. The summed E-state index contributed by atoms with van der Waals surface area (Å²) in [6.45, 7) is 0.975. The van der Waals surface area contributed by atoms with Gasteiger partial charge in [0.2, 0.25) is 0 Å². The van der Waals surface area contributed by atoms with Gasteiger partial charge in [-0.15, -0.1) is 0 Å². The molecule has 0 bridgehead atoms. The van der Waals surface area contributed by atoms with Crippen LogP contribution in [-0.4, -0.2) is 48.3 Å². The van der Waals surface area contributed by atoms with Crippen LogP contribution < -0.4 is 10.6 Å². The molecule has 0 aliphatic rings. The summed E-state index contributed by atoms with van der Waals surface area (Å²) in [7, 11) is 7.49. The predicted octanol–water partition coefficient (Wildman–Crippen LogP) is 2.41. The molecule has 2 aromatic rings. The molecule has 2 rings (SSSR count). The number of hydrogen-bond donors (Lipinski definition) is 2. The summed E-state index contributed by atoms with van der Waals surface area (Å²) in [6, 6.07) is 5.18. The molecule has 1 aromatic heterocycles. The van der Waals surface area contributed by atoms with Gasteiger partial charge in [0.15, 0.2) is 5.96 Å². The average molecular weight is 382 g/mol. The van der Waals surface area contributed by atoms with Crippen molar-refractivity contribution in [2.45, 2.75) is 18.8 Å². The molecule has 148 valence electrons. The van der Waals surface area contributed by atoms with Gasteiger partial charge < -0.3 is 15.5 Å². The topological polar surface area (TPSA) is 57.5 Å². The molecular formula is C18H25F3N6. The quantitative estimate of drug-likeness (QED) is 0.595. The number of benzene rings is 1. The van der Waals surface area contributed by atoms with Crippen molar-refractivity contribution in [2.24, 2.45) is 12.0 Å². The number of halogens is 3. The Hall–Kier alpha value is -2.55. The summed E-state index contributed by atoms with van der Waals surface area (Å²) in [6.07, 6.45) is -0.535. The van der Waals surface area contributed by atoms with E-state index in [4.69, 9.17) is 0 Å². The van der Waals surface area contributed by atoms with E-state index in [9.17, 15) is 13.2 Å². The van der Waals surface area contributed by atoms with Crippen LogP contribution >= 0.6 is 0 Å². The van der Waals surface area contributed by atoms with Crippen LogP contribution in [0, 0.1) is 0 Å². The van der Waals surface area contributed by atoms with E-state index in [2.05, 4.69) is 25.6 Å². The van der Waals surface area contributed by atoms with Gasteiger partial charge in [-0.3, -0.25) is 9.67 Å². The van der Waals surface area contributed by atoms with E-state index in [1.807, 2.05) is 33.5 Å². The Morgan fingerprint density at radius 3 is 2.37 bits per heavy atom. The fraction of sp³-hybridized carbons (Fsp3) is 0.444. The number of aliphatic imine (C=N–C) groups is 1. The standard InChI is InChI=1S/C18H25F3N6/c1-22-17(23-9-13-5-7-15(8-6-13)18(19,20)21)24-11-16(26(2)3)14-10-25-27(4)12-14/h5-8,10,12,16H,9,11H2,1-4H3,(H2,22,23,24). The second-order valence-corrected chi connectivity index (χ2v) is 6.43. The second-order valence-electron chi connectivity index (χ2n) is 6.43. The Morgan fingerprint density at radius 1 is 1.22 bits per heavy atom. The first kappa shape index (κ1) is 20.8. The highest BCUT2D eigenvalue weighted by Gasteiger charge is 2.29. The molecule has 1 atom stereocenters. The van der Waals surface area contributed by atoms with Crippen LogP contribution in [0.25, 0.3) is 0 Å². The maximum Gasteiger partial charge on any atom is 0.416 e. The van der Waals surface area contributed by atoms with E-state index in [1.165, 1.54) is 12.1 Å². The van der Waals surface area contributed by atoms with Gasteiger partial charge in [0.05, 0.1) is 17.8 Å². The second kappa shape index (κ2) is 8.90. The first-order valence-corrected chi connectivity index (χ1v) is 8.46. The molecule has 0 saturated heterocycles. The number of nitrogens with zero attached hydrogens (tertiary/aromatic N) is 4. The average Bonchev–Trinajstić information content (AvgIpc) is 3.03. The molecule has 1 heterocycles. The van der Waals surface area contributed by atoms with Crippen molar-refractivity contribution in [3.63, 3.8) is 0 Å². The maximum atomic E-state index is 12.6. The molecule has 0 fully saturated rings. The zero-order chi connectivity index (χ0) is 20.0. The molecule has 0 radical (unpaired) electrons. The van der Waals surface area contributed by atoms with E-state index >= 15 is 0 Å². The predicted molar refractivity (Wildman–Crippen MR) is 99.3 cm³/mol. The molecule has 1 aromatic carbocycles. The van der Waals surface area contributed by atoms with Gasteiger partial charge in [-0.2, -0.15) is 18.3 Å². The highest BCUT2D eigenvalue weighted by Crippen LogP contribution is 2.29. The Balaban J connectivity index is 1.91. The zero-order valence-electron chi connectivity index (χ0n) is 15.9. The van der Waals surface area contributed by atoms with Gasteiger partial charge in [0.25, 0.3) is 0 Å². The molecule has 27 heavy (non-hydrogen) atoms. The lowest BCUT2D eigenvalue weighted by Gasteiger charge is -2.24. The van der Waals surface area contributed by atoms with Crippen molar-refractivity contribution in [3.8, 4) is 0 Å². The van der Waals surface area contributed by atoms with Crippen molar-refractivity contribution in [3.05, 3.63) is 53.3 Å². The normalized spacial score (nSPS) is 13.7. The van der Waals surface area contributed by atoms with Crippen molar-refractivity contribution >= 4 is 5.96 Å². The van der Waals surface area contributed by atoms with Gasteiger partial charge in [0.1, 0.15) is 0 Å². The molecular weight excluding hydrogens is 357 g/mol. The zero-order valence-corrected chi connectivity index (χ0v) is 15.9. The number of likely N-dealkylation sites (N-methyl/N-ethyl adjacent to an activating group) is 1. The van der Waals surface area contributed by atoms with Crippen molar-refractivity contribution < 1.29 is 13.2 Å². The van der Waals surface area contributed by atoms with Gasteiger partial charge in [0, 0.05) is 38.9 Å². The third kappa shape index (κ3) is 5.99. The first-order chi connectivity index (χ1) is 12.7. The molecule has 0 saturated carbocycles. The number of aromatic nitrogens is 2. The summed E-state index contributed by atoms with van der Waals surface area (Å²) in [4.78, 5) is 6.24. The van der Waals surface area contributed by atoms with Crippen LogP contribution in [0.2, 0.25) is 0 Å². The lowest BCUT2D eigenvalue weighted by Crippen LogP contribution is -2.41. The molecule has 0 aliphatic carbocycles. The highest BCUT2D eigenvalue weighted by molar-refractivity contribution is 5.79. The number of aryl methyl sites for hydroxylation is 1. The Labute approximate surface area is 157 Å². The summed E-state index contributed by atoms with van der Waals surface area (Å²) < 4.78 is 39.6. The van der Waals surface area contributed by atoms with Crippen molar-refractivity contribution in [1.82, 2.24) is 25.3 Å². The molecule has 2 N–H and O–H groups in total. The van der Waals surface area contributed by atoms with Gasteiger partial charge in [-0.1, -0.05) is 12.1 Å². The third-order valence-electron chi connectivity index (χ3n) is 4.16. The van der Waals surface area contributed by atoms with Crippen LogP contribution in [0.1, 0.15) is 22.7 Å². The fourth-order valence-corrected chi connectivity index (χ4v) is 2.62. The summed E-state index contributed by atoms with van der Waals surface area (Å²) >= 11 is 0. The molecule has 0 spiro atoms. The number of guanidine groups is 1. The lowest BCUT2D eigenvalue weighted by molar-refractivity contribution is -0.137. The summed E-state index contributed by atoms with van der Waals surface area (Å²) in [5, 5.41) is 10.6. The minimum Gasteiger partial charge on any atom is -0.354 e. The third-order valence-corrected chi connectivity index (χ3v) is 4.16. The highest BCUT2D eigenvalue weighted by atomic mass is 19.4. The monoisotopic (exact) mass is 382 g/mol. The van der Waals surface area contributed by atoms with Crippen LogP contribution in [-0.2, 0) is 19.8 Å². The van der Waals surface area contributed by atoms with Gasteiger partial charge >= 0.3 is 6.18 Å². The summed E-state index contributed by atoms with van der Waals surface area (Å²) in [5.74, 6) is 0.575. The lowest BCUT2D eigenvalue weighted by atomic mass is 10.1.